The first-order valence-electron chi connectivity index (χ1n) is 4.67. The molecule has 1 heterocycles. The van der Waals surface area contributed by atoms with Gasteiger partial charge in [0.1, 0.15) is 0 Å². The van der Waals surface area contributed by atoms with Crippen LogP contribution in [-0.2, 0) is 0 Å². The molecule has 0 atom stereocenters. The standard InChI is InChI=1S/C9H18N2/c1-2-3-6-9(10)11-7-4-5-8-11/h10H,2-8H2,1H3. The molecule has 0 aromatic carbocycles. The van der Waals surface area contributed by atoms with Crippen LogP contribution in [0.15, 0.2) is 0 Å². The number of unbranched alkanes of at least 4 members (excludes halogenated alkanes) is 1. The van der Waals surface area contributed by atoms with Gasteiger partial charge in [0.15, 0.2) is 0 Å². The molecule has 64 valence electrons. The van der Waals surface area contributed by atoms with Gasteiger partial charge in [0.25, 0.3) is 0 Å². The maximum absolute atomic E-state index is 7.72. The van der Waals surface area contributed by atoms with Gasteiger partial charge in [-0.15, -0.1) is 0 Å². The zero-order valence-corrected chi connectivity index (χ0v) is 7.40. The van der Waals surface area contributed by atoms with Gasteiger partial charge in [-0.3, -0.25) is 5.41 Å². The Kier molecular flexibility index (Phi) is 3.40. The molecule has 0 unspecified atom stereocenters. The van der Waals surface area contributed by atoms with E-state index < -0.39 is 0 Å². The Morgan fingerprint density at radius 2 is 2.00 bits per heavy atom. The molecule has 0 aromatic rings. The van der Waals surface area contributed by atoms with Crippen molar-refractivity contribution in [1.82, 2.24) is 4.90 Å². The zero-order chi connectivity index (χ0) is 8.10. The molecule has 1 fully saturated rings. The number of rotatable bonds is 3. The average molecular weight is 154 g/mol. The molecular weight excluding hydrogens is 136 g/mol. The van der Waals surface area contributed by atoms with Crippen LogP contribution >= 0.6 is 0 Å². The predicted octanol–water partition coefficient (Wildman–Crippen LogP) is 2.25. The van der Waals surface area contributed by atoms with Gasteiger partial charge in [0.2, 0.25) is 0 Å². The summed E-state index contributed by atoms with van der Waals surface area (Å²) in [5.41, 5.74) is 0. The summed E-state index contributed by atoms with van der Waals surface area (Å²) >= 11 is 0. The van der Waals surface area contributed by atoms with Crippen LogP contribution in [0.5, 0.6) is 0 Å². The Morgan fingerprint density at radius 1 is 1.36 bits per heavy atom. The van der Waals surface area contributed by atoms with Gasteiger partial charge in [-0.05, 0) is 19.3 Å². The van der Waals surface area contributed by atoms with Crippen molar-refractivity contribution in [1.29, 1.82) is 5.41 Å². The van der Waals surface area contributed by atoms with Crippen LogP contribution < -0.4 is 0 Å². The largest absolute Gasteiger partial charge is 0.361 e. The first kappa shape index (κ1) is 8.57. The summed E-state index contributed by atoms with van der Waals surface area (Å²) in [4.78, 5) is 2.22. The average Bonchev–Trinajstić information content (AvgIpc) is 2.52. The fourth-order valence-electron chi connectivity index (χ4n) is 1.49. The summed E-state index contributed by atoms with van der Waals surface area (Å²) in [6, 6.07) is 0. The van der Waals surface area contributed by atoms with Crippen molar-refractivity contribution in [3.63, 3.8) is 0 Å². The minimum absolute atomic E-state index is 0.865. The fraction of sp³-hybridized carbons (Fsp3) is 0.889. The number of nitrogens with zero attached hydrogens (tertiary/aromatic N) is 1. The van der Waals surface area contributed by atoms with E-state index in [1.165, 1.54) is 25.7 Å². The van der Waals surface area contributed by atoms with Crippen LogP contribution in [0.2, 0.25) is 0 Å². The Bertz CT molecular complexity index is 126. The molecule has 1 aliphatic rings. The molecule has 0 aromatic heterocycles. The maximum Gasteiger partial charge on any atom is 0.0957 e. The molecular formula is C9H18N2. The second-order valence-electron chi connectivity index (χ2n) is 3.24. The first-order chi connectivity index (χ1) is 5.34. The highest BCUT2D eigenvalue weighted by atomic mass is 15.2. The van der Waals surface area contributed by atoms with Gasteiger partial charge >= 0.3 is 0 Å². The first-order valence-corrected chi connectivity index (χ1v) is 4.67. The van der Waals surface area contributed by atoms with Gasteiger partial charge in [0, 0.05) is 19.5 Å². The molecule has 1 aliphatic heterocycles. The number of likely N-dealkylation sites (tertiary alicyclic amines) is 1. The number of hydrogen-bond acceptors (Lipinski definition) is 1. The summed E-state index contributed by atoms with van der Waals surface area (Å²) in [5.74, 6) is 0.865. The van der Waals surface area contributed by atoms with Crippen molar-refractivity contribution >= 4 is 5.84 Å². The van der Waals surface area contributed by atoms with Crippen molar-refractivity contribution in [2.24, 2.45) is 0 Å². The predicted molar refractivity (Wildman–Crippen MR) is 48.1 cm³/mol. The molecule has 0 bridgehead atoms. The van der Waals surface area contributed by atoms with E-state index in [1.807, 2.05) is 0 Å². The highest BCUT2D eigenvalue weighted by molar-refractivity contribution is 5.79. The summed E-state index contributed by atoms with van der Waals surface area (Å²) in [7, 11) is 0. The van der Waals surface area contributed by atoms with Gasteiger partial charge in [0.05, 0.1) is 5.84 Å². The van der Waals surface area contributed by atoms with E-state index in [9.17, 15) is 0 Å². The van der Waals surface area contributed by atoms with Crippen molar-refractivity contribution in [2.45, 2.75) is 39.0 Å². The Labute approximate surface area is 69.1 Å². The minimum atomic E-state index is 0.865. The van der Waals surface area contributed by atoms with Crippen molar-refractivity contribution < 1.29 is 0 Å². The fourth-order valence-corrected chi connectivity index (χ4v) is 1.49. The summed E-state index contributed by atoms with van der Waals surface area (Å²) in [5, 5.41) is 7.72. The van der Waals surface area contributed by atoms with Crippen molar-refractivity contribution in [3.05, 3.63) is 0 Å². The van der Waals surface area contributed by atoms with Crippen LogP contribution in [0.3, 0.4) is 0 Å². The van der Waals surface area contributed by atoms with Crippen molar-refractivity contribution in [2.75, 3.05) is 13.1 Å². The second kappa shape index (κ2) is 4.37. The lowest BCUT2D eigenvalue weighted by molar-refractivity contribution is 0.498. The van der Waals surface area contributed by atoms with E-state index in [0.29, 0.717) is 0 Å². The van der Waals surface area contributed by atoms with Gasteiger partial charge in [-0.1, -0.05) is 13.3 Å². The van der Waals surface area contributed by atoms with Gasteiger partial charge in [-0.2, -0.15) is 0 Å². The molecule has 11 heavy (non-hydrogen) atoms. The Balaban J connectivity index is 2.17. The second-order valence-corrected chi connectivity index (χ2v) is 3.24. The number of hydrogen-bond donors (Lipinski definition) is 1. The Morgan fingerprint density at radius 3 is 2.55 bits per heavy atom. The lowest BCUT2D eigenvalue weighted by atomic mass is 10.2. The lowest BCUT2D eigenvalue weighted by Gasteiger charge is -2.17. The van der Waals surface area contributed by atoms with Crippen molar-refractivity contribution in [3.8, 4) is 0 Å². The van der Waals surface area contributed by atoms with Gasteiger partial charge < -0.3 is 4.90 Å². The third-order valence-corrected chi connectivity index (χ3v) is 2.25. The van der Waals surface area contributed by atoms with Crippen LogP contribution in [0.1, 0.15) is 39.0 Å². The quantitative estimate of drug-likeness (QED) is 0.490. The molecule has 2 heteroatoms. The molecule has 1 rings (SSSR count). The SMILES string of the molecule is CCCCC(=N)N1CCCC1. The van der Waals surface area contributed by atoms with E-state index in [2.05, 4.69) is 11.8 Å². The topological polar surface area (TPSA) is 27.1 Å². The van der Waals surface area contributed by atoms with Crippen LogP contribution in [0.25, 0.3) is 0 Å². The number of nitrogens with one attached hydrogen (secondary N) is 1. The third kappa shape index (κ3) is 2.52. The maximum atomic E-state index is 7.72. The summed E-state index contributed by atoms with van der Waals surface area (Å²) in [6.45, 7) is 4.43. The van der Waals surface area contributed by atoms with Gasteiger partial charge in [-0.25, -0.2) is 0 Å². The summed E-state index contributed by atoms with van der Waals surface area (Å²) in [6.07, 6.45) is 5.94. The van der Waals surface area contributed by atoms with Crippen LogP contribution in [0, 0.1) is 5.41 Å². The normalized spacial score (nSPS) is 17.4. The highest BCUT2D eigenvalue weighted by Gasteiger charge is 2.13. The van der Waals surface area contributed by atoms with Crippen LogP contribution in [0.4, 0.5) is 0 Å². The third-order valence-electron chi connectivity index (χ3n) is 2.25. The molecule has 0 spiro atoms. The molecule has 2 nitrogen and oxygen atoms in total. The molecule has 0 radical (unpaired) electrons. The lowest BCUT2D eigenvalue weighted by Crippen LogP contribution is -2.26. The zero-order valence-electron chi connectivity index (χ0n) is 7.40. The monoisotopic (exact) mass is 154 g/mol. The molecule has 0 amide bonds. The summed E-state index contributed by atoms with van der Waals surface area (Å²) < 4.78 is 0. The molecule has 1 N–H and O–H groups in total. The highest BCUT2D eigenvalue weighted by Crippen LogP contribution is 2.10. The smallest absolute Gasteiger partial charge is 0.0957 e. The van der Waals surface area contributed by atoms with E-state index in [4.69, 9.17) is 5.41 Å². The van der Waals surface area contributed by atoms with Crippen LogP contribution in [-0.4, -0.2) is 23.8 Å². The van der Waals surface area contributed by atoms with E-state index in [0.717, 1.165) is 25.3 Å². The van der Waals surface area contributed by atoms with E-state index >= 15 is 0 Å². The Hall–Kier alpha value is -0.530. The molecule has 1 saturated heterocycles. The number of amidine groups is 1. The van der Waals surface area contributed by atoms with E-state index in [-0.39, 0.29) is 0 Å². The minimum Gasteiger partial charge on any atom is -0.361 e. The molecule has 0 saturated carbocycles. The van der Waals surface area contributed by atoms with E-state index in [1.54, 1.807) is 0 Å². The molecule has 0 aliphatic carbocycles.